The molecule has 1 rings (SSSR count). The van der Waals surface area contributed by atoms with Crippen LogP contribution in [0, 0.1) is 12.8 Å². The van der Waals surface area contributed by atoms with E-state index in [1.807, 2.05) is 6.21 Å². The van der Waals surface area contributed by atoms with Crippen LogP contribution in [0.4, 0.5) is 0 Å². The van der Waals surface area contributed by atoms with Crippen molar-refractivity contribution in [1.29, 1.82) is 0 Å². The normalized spacial score (nSPS) is 12.8. The van der Waals surface area contributed by atoms with Gasteiger partial charge in [0.05, 0.1) is 6.54 Å². The van der Waals surface area contributed by atoms with Crippen molar-refractivity contribution in [2.24, 2.45) is 10.9 Å². The third-order valence-electron chi connectivity index (χ3n) is 3.09. The second-order valence-corrected chi connectivity index (χ2v) is 4.94. The molecule has 98 valence electrons. The molecule has 0 aliphatic rings. The number of aliphatic imine (C=N–C) groups is 1. The van der Waals surface area contributed by atoms with Crippen molar-refractivity contribution in [2.75, 3.05) is 0 Å². The Bertz CT molecular complexity index is 367. The van der Waals surface area contributed by atoms with Gasteiger partial charge in [0.1, 0.15) is 6.29 Å². The zero-order valence-corrected chi connectivity index (χ0v) is 11.4. The minimum atomic E-state index is 0.612. The molecule has 1 aromatic carbocycles. The molecule has 0 bridgehead atoms. The summed E-state index contributed by atoms with van der Waals surface area (Å²) in [6.07, 6.45) is 6.81. The van der Waals surface area contributed by atoms with Crippen LogP contribution in [-0.4, -0.2) is 12.5 Å². The van der Waals surface area contributed by atoms with Gasteiger partial charge in [0, 0.05) is 6.42 Å². The van der Waals surface area contributed by atoms with Crippen molar-refractivity contribution >= 4 is 12.5 Å². The number of benzene rings is 1. The van der Waals surface area contributed by atoms with Crippen LogP contribution in [0.1, 0.15) is 43.7 Å². The zero-order valence-electron chi connectivity index (χ0n) is 11.4. The molecule has 0 fully saturated rings. The maximum absolute atomic E-state index is 10.2. The standard InChI is InChI=1S/C16H23NO/c1-14(6-4-12-18)5-3-11-17-13-16-9-7-15(2)8-10-16/h7-12,14H,3-6,13H2,1-2H3. The number of aldehydes is 1. The van der Waals surface area contributed by atoms with Gasteiger partial charge in [0.15, 0.2) is 0 Å². The van der Waals surface area contributed by atoms with Gasteiger partial charge in [0.25, 0.3) is 0 Å². The summed E-state index contributed by atoms with van der Waals surface area (Å²) in [5.74, 6) is 0.612. The molecule has 0 spiro atoms. The van der Waals surface area contributed by atoms with Gasteiger partial charge < -0.3 is 4.79 Å². The highest BCUT2D eigenvalue weighted by molar-refractivity contribution is 5.57. The highest BCUT2D eigenvalue weighted by atomic mass is 16.1. The Kier molecular flexibility index (Phi) is 7.00. The molecule has 0 amide bonds. The average molecular weight is 245 g/mol. The molecule has 0 radical (unpaired) electrons. The summed E-state index contributed by atoms with van der Waals surface area (Å²) in [6, 6.07) is 8.48. The first-order chi connectivity index (χ1) is 8.72. The monoisotopic (exact) mass is 245 g/mol. The minimum Gasteiger partial charge on any atom is -0.303 e. The van der Waals surface area contributed by atoms with Crippen LogP contribution in [0.25, 0.3) is 0 Å². The summed E-state index contributed by atoms with van der Waals surface area (Å²) >= 11 is 0. The highest BCUT2D eigenvalue weighted by Gasteiger charge is 1.99. The topological polar surface area (TPSA) is 29.4 Å². The molecule has 0 aliphatic carbocycles. The summed E-state index contributed by atoms with van der Waals surface area (Å²) in [5, 5.41) is 0. The molecule has 1 aromatic rings. The molecule has 1 unspecified atom stereocenters. The van der Waals surface area contributed by atoms with E-state index in [1.54, 1.807) is 0 Å². The van der Waals surface area contributed by atoms with E-state index in [2.05, 4.69) is 43.1 Å². The Labute approximate surface area is 110 Å². The molecule has 1 atom stereocenters. The van der Waals surface area contributed by atoms with Crippen LogP contribution in [0.5, 0.6) is 0 Å². The predicted molar refractivity (Wildman–Crippen MR) is 77.1 cm³/mol. The van der Waals surface area contributed by atoms with Crippen LogP contribution in [-0.2, 0) is 11.3 Å². The molecule has 2 heteroatoms. The van der Waals surface area contributed by atoms with E-state index >= 15 is 0 Å². The molecule has 0 aromatic heterocycles. The molecular formula is C16H23NO. The van der Waals surface area contributed by atoms with Crippen LogP contribution in [0.3, 0.4) is 0 Å². The zero-order chi connectivity index (χ0) is 13.2. The fourth-order valence-electron chi connectivity index (χ4n) is 1.81. The van der Waals surface area contributed by atoms with Gasteiger partial charge in [-0.2, -0.15) is 0 Å². The average Bonchev–Trinajstić information content (AvgIpc) is 2.38. The molecule has 0 aliphatic heterocycles. The number of carbonyl (C=O) groups excluding carboxylic acids is 1. The maximum Gasteiger partial charge on any atom is 0.120 e. The number of hydrogen-bond donors (Lipinski definition) is 0. The van der Waals surface area contributed by atoms with Crippen molar-refractivity contribution in [3.63, 3.8) is 0 Å². The van der Waals surface area contributed by atoms with E-state index in [4.69, 9.17) is 0 Å². The third kappa shape index (κ3) is 6.33. The molecule has 18 heavy (non-hydrogen) atoms. The van der Waals surface area contributed by atoms with Gasteiger partial charge in [-0.1, -0.05) is 36.8 Å². The van der Waals surface area contributed by atoms with Gasteiger partial charge in [-0.25, -0.2) is 0 Å². The lowest BCUT2D eigenvalue weighted by atomic mass is 10.0. The van der Waals surface area contributed by atoms with Gasteiger partial charge in [-0.05, 0) is 43.9 Å². The number of aryl methyl sites for hydroxylation is 1. The number of rotatable bonds is 8. The Balaban J connectivity index is 2.17. The number of hydrogen-bond acceptors (Lipinski definition) is 2. The fourth-order valence-corrected chi connectivity index (χ4v) is 1.81. The van der Waals surface area contributed by atoms with Gasteiger partial charge in [-0.15, -0.1) is 0 Å². The lowest BCUT2D eigenvalue weighted by Crippen LogP contribution is -1.95. The summed E-state index contributed by atoms with van der Waals surface area (Å²) < 4.78 is 0. The van der Waals surface area contributed by atoms with Gasteiger partial charge in [-0.3, -0.25) is 4.99 Å². The largest absolute Gasteiger partial charge is 0.303 e. The lowest BCUT2D eigenvalue weighted by Gasteiger charge is -2.06. The summed E-state index contributed by atoms with van der Waals surface area (Å²) in [5.41, 5.74) is 2.54. The van der Waals surface area contributed by atoms with E-state index in [-0.39, 0.29) is 0 Å². The first-order valence-electron chi connectivity index (χ1n) is 6.70. The molecule has 0 saturated heterocycles. The van der Waals surface area contributed by atoms with Gasteiger partial charge >= 0.3 is 0 Å². The summed E-state index contributed by atoms with van der Waals surface area (Å²) in [4.78, 5) is 14.7. The maximum atomic E-state index is 10.2. The fraction of sp³-hybridized carbons (Fsp3) is 0.500. The van der Waals surface area contributed by atoms with Crippen molar-refractivity contribution < 1.29 is 4.79 Å². The highest BCUT2D eigenvalue weighted by Crippen LogP contribution is 2.10. The van der Waals surface area contributed by atoms with E-state index in [1.165, 1.54) is 11.1 Å². The predicted octanol–water partition coefficient (Wildman–Crippen LogP) is 3.96. The first kappa shape index (κ1) is 14.6. The van der Waals surface area contributed by atoms with Gasteiger partial charge in [0.2, 0.25) is 0 Å². The van der Waals surface area contributed by atoms with E-state index in [9.17, 15) is 4.79 Å². The quantitative estimate of drug-likeness (QED) is 0.503. The third-order valence-corrected chi connectivity index (χ3v) is 3.09. The first-order valence-corrected chi connectivity index (χ1v) is 6.70. The molecule has 0 saturated carbocycles. The smallest absolute Gasteiger partial charge is 0.120 e. The van der Waals surface area contributed by atoms with E-state index in [0.29, 0.717) is 12.3 Å². The van der Waals surface area contributed by atoms with Crippen LogP contribution in [0.2, 0.25) is 0 Å². The number of carbonyl (C=O) groups is 1. The van der Waals surface area contributed by atoms with Crippen molar-refractivity contribution in [3.8, 4) is 0 Å². The van der Waals surface area contributed by atoms with E-state index in [0.717, 1.165) is 32.1 Å². The van der Waals surface area contributed by atoms with Crippen molar-refractivity contribution in [1.82, 2.24) is 0 Å². The molecule has 0 N–H and O–H groups in total. The lowest BCUT2D eigenvalue weighted by molar-refractivity contribution is -0.108. The van der Waals surface area contributed by atoms with Crippen molar-refractivity contribution in [2.45, 2.75) is 46.1 Å². The Morgan fingerprint density at radius 2 is 1.83 bits per heavy atom. The SMILES string of the molecule is Cc1ccc(CN=CCCC(C)CCC=O)cc1. The van der Waals surface area contributed by atoms with Crippen LogP contribution in [0.15, 0.2) is 29.3 Å². The number of nitrogens with zero attached hydrogens (tertiary/aromatic N) is 1. The molecular weight excluding hydrogens is 222 g/mol. The molecule has 0 heterocycles. The van der Waals surface area contributed by atoms with Crippen LogP contribution >= 0.6 is 0 Å². The van der Waals surface area contributed by atoms with Crippen LogP contribution < -0.4 is 0 Å². The second-order valence-electron chi connectivity index (χ2n) is 4.94. The Morgan fingerprint density at radius 1 is 1.17 bits per heavy atom. The summed E-state index contributed by atoms with van der Waals surface area (Å²) in [6.45, 7) is 5.05. The Hall–Kier alpha value is -1.44. The van der Waals surface area contributed by atoms with E-state index < -0.39 is 0 Å². The second kappa shape index (κ2) is 8.62. The summed E-state index contributed by atoms with van der Waals surface area (Å²) in [7, 11) is 0. The Morgan fingerprint density at radius 3 is 2.50 bits per heavy atom. The minimum absolute atomic E-state index is 0.612. The van der Waals surface area contributed by atoms with Crippen molar-refractivity contribution in [3.05, 3.63) is 35.4 Å². The molecule has 2 nitrogen and oxygen atoms in total.